The van der Waals surface area contributed by atoms with Crippen molar-refractivity contribution in [3.05, 3.63) is 29.3 Å². The smallest absolute Gasteiger partial charge is 0.319 e. The molecule has 1 aliphatic rings. The minimum atomic E-state index is -0.770. The molecule has 0 spiro atoms. The van der Waals surface area contributed by atoms with Gasteiger partial charge in [0.1, 0.15) is 0 Å². The summed E-state index contributed by atoms with van der Waals surface area (Å²) in [4.78, 5) is 11.8. The highest BCUT2D eigenvalue weighted by Crippen LogP contribution is 2.26. The van der Waals surface area contributed by atoms with Gasteiger partial charge in [0, 0.05) is 6.54 Å². The van der Waals surface area contributed by atoms with Crippen LogP contribution in [0.25, 0.3) is 0 Å². The van der Waals surface area contributed by atoms with Crippen molar-refractivity contribution in [1.29, 1.82) is 0 Å². The molecular weight excluding hydrogens is 276 g/mol. The molecule has 0 aromatic heterocycles. The zero-order valence-electron chi connectivity index (χ0n) is 11.5. The maximum Gasteiger partial charge on any atom is 0.319 e. The number of hydrogen-bond acceptors (Lipinski definition) is 2. The Morgan fingerprint density at radius 2 is 1.85 bits per heavy atom. The maximum atomic E-state index is 11.8. The summed E-state index contributed by atoms with van der Waals surface area (Å²) in [5.74, 6) is 0. The normalized spacial score (nSPS) is 18.1. The predicted molar refractivity (Wildman–Crippen MR) is 81.1 cm³/mol. The Labute approximate surface area is 124 Å². The van der Waals surface area contributed by atoms with Crippen LogP contribution in [-0.2, 0) is 0 Å². The summed E-state index contributed by atoms with van der Waals surface area (Å²) in [6.45, 7) is 0.281. The van der Waals surface area contributed by atoms with Gasteiger partial charge in [0.15, 0.2) is 0 Å². The molecule has 0 saturated heterocycles. The van der Waals surface area contributed by atoms with Crippen molar-refractivity contribution in [2.24, 2.45) is 0 Å². The highest BCUT2D eigenvalue weighted by Gasteiger charge is 2.28. The van der Waals surface area contributed by atoms with Gasteiger partial charge in [0.2, 0.25) is 0 Å². The van der Waals surface area contributed by atoms with E-state index in [1.807, 2.05) is 0 Å². The van der Waals surface area contributed by atoms with Gasteiger partial charge in [-0.3, -0.25) is 0 Å². The predicted octanol–water partition coefficient (Wildman–Crippen LogP) is 3.55. The molecular formula is C15H21ClN2O2. The van der Waals surface area contributed by atoms with Gasteiger partial charge < -0.3 is 15.7 Å². The number of para-hydroxylation sites is 1. The number of rotatable bonds is 3. The summed E-state index contributed by atoms with van der Waals surface area (Å²) in [5, 5.41) is 16.4. The summed E-state index contributed by atoms with van der Waals surface area (Å²) >= 11 is 5.97. The molecule has 4 nitrogen and oxygen atoms in total. The van der Waals surface area contributed by atoms with Crippen molar-refractivity contribution < 1.29 is 9.90 Å². The second kappa shape index (κ2) is 6.95. The number of halogens is 1. The zero-order chi connectivity index (χ0) is 14.4. The molecule has 2 rings (SSSR count). The lowest BCUT2D eigenvalue weighted by molar-refractivity contribution is 0.0281. The van der Waals surface area contributed by atoms with E-state index in [1.165, 1.54) is 0 Å². The van der Waals surface area contributed by atoms with E-state index >= 15 is 0 Å². The molecule has 0 atom stereocenters. The number of anilines is 1. The number of amides is 2. The summed E-state index contributed by atoms with van der Waals surface area (Å²) in [7, 11) is 0. The molecule has 1 saturated carbocycles. The average Bonchev–Trinajstić information content (AvgIpc) is 2.65. The lowest BCUT2D eigenvalue weighted by atomic mass is 9.95. The first-order chi connectivity index (χ1) is 9.59. The third-order valence-electron chi connectivity index (χ3n) is 3.73. The number of hydrogen-bond donors (Lipinski definition) is 3. The van der Waals surface area contributed by atoms with Crippen molar-refractivity contribution in [3.63, 3.8) is 0 Å². The molecule has 1 aromatic carbocycles. The molecule has 5 heteroatoms. The van der Waals surface area contributed by atoms with Crippen LogP contribution in [0, 0.1) is 0 Å². The first-order valence-corrected chi connectivity index (χ1v) is 7.49. The molecule has 0 bridgehead atoms. The van der Waals surface area contributed by atoms with Gasteiger partial charge in [-0.1, -0.05) is 49.4 Å². The van der Waals surface area contributed by atoms with Gasteiger partial charge in [-0.2, -0.15) is 0 Å². The summed E-state index contributed by atoms with van der Waals surface area (Å²) in [5.41, 5.74) is -0.201. The Hall–Kier alpha value is -1.26. The number of benzene rings is 1. The van der Waals surface area contributed by atoms with Gasteiger partial charge in [-0.05, 0) is 25.0 Å². The van der Waals surface area contributed by atoms with Gasteiger partial charge in [-0.25, -0.2) is 4.79 Å². The van der Waals surface area contributed by atoms with Crippen LogP contribution in [0.4, 0.5) is 10.5 Å². The first kappa shape index (κ1) is 15.1. The van der Waals surface area contributed by atoms with Crippen molar-refractivity contribution in [3.8, 4) is 0 Å². The Bertz CT molecular complexity index is 457. The summed E-state index contributed by atoms with van der Waals surface area (Å²) in [6.07, 6.45) is 5.86. The van der Waals surface area contributed by atoms with Crippen molar-refractivity contribution in [2.45, 2.75) is 44.1 Å². The summed E-state index contributed by atoms with van der Waals surface area (Å²) < 4.78 is 0. The quantitative estimate of drug-likeness (QED) is 0.747. The molecule has 0 heterocycles. The van der Waals surface area contributed by atoms with Gasteiger partial charge >= 0.3 is 6.03 Å². The van der Waals surface area contributed by atoms with Gasteiger partial charge in [0.05, 0.1) is 16.3 Å². The van der Waals surface area contributed by atoms with E-state index < -0.39 is 5.60 Å². The molecule has 0 unspecified atom stereocenters. The molecule has 20 heavy (non-hydrogen) atoms. The van der Waals surface area contributed by atoms with Crippen LogP contribution in [-0.4, -0.2) is 23.3 Å². The number of nitrogens with one attached hydrogen (secondary N) is 2. The van der Waals surface area contributed by atoms with Crippen LogP contribution < -0.4 is 10.6 Å². The minimum Gasteiger partial charge on any atom is -0.388 e. The third kappa shape index (κ3) is 4.39. The van der Waals surface area contributed by atoms with Crippen molar-refractivity contribution >= 4 is 23.3 Å². The van der Waals surface area contributed by atoms with E-state index in [-0.39, 0.29) is 12.6 Å². The fourth-order valence-electron chi connectivity index (χ4n) is 2.54. The molecule has 1 aromatic rings. The average molecular weight is 297 g/mol. The number of carbonyl (C=O) groups excluding carboxylic acids is 1. The maximum absolute atomic E-state index is 11.8. The SMILES string of the molecule is O=C(NCC1(O)CCCCCC1)Nc1ccccc1Cl. The molecule has 1 fully saturated rings. The van der Waals surface area contributed by atoms with E-state index in [1.54, 1.807) is 24.3 Å². The number of carbonyl (C=O) groups is 1. The Balaban J connectivity index is 1.84. The highest BCUT2D eigenvalue weighted by molar-refractivity contribution is 6.33. The first-order valence-electron chi connectivity index (χ1n) is 7.11. The van der Waals surface area contributed by atoms with Crippen LogP contribution in [0.15, 0.2) is 24.3 Å². The Morgan fingerprint density at radius 1 is 1.20 bits per heavy atom. The third-order valence-corrected chi connectivity index (χ3v) is 4.06. The lowest BCUT2D eigenvalue weighted by Crippen LogP contribution is -2.44. The van der Waals surface area contributed by atoms with Crippen LogP contribution in [0.5, 0.6) is 0 Å². The second-order valence-corrected chi connectivity index (χ2v) is 5.83. The van der Waals surface area contributed by atoms with Gasteiger partial charge in [0.25, 0.3) is 0 Å². The molecule has 2 amide bonds. The van der Waals surface area contributed by atoms with E-state index in [0.717, 1.165) is 38.5 Å². The molecule has 3 N–H and O–H groups in total. The standard InChI is InChI=1S/C15H21ClN2O2/c16-12-7-3-4-8-13(12)18-14(19)17-11-15(20)9-5-1-2-6-10-15/h3-4,7-8,20H,1-2,5-6,9-11H2,(H2,17,18,19). The van der Waals surface area contributed by atoms with E-state index in [0.29, 0.717) is 10.7 Å². The Kier molecular flexibility index (Phi) is 5.26. The Morgan fingerprint density at radius 3 is 2.50 bits per heavy atom. The lowest BCUT2D eigenvalue weighted by Gasteiger charge is -2.26. The second-order valence-electron chi connectivity index (χ2n) is 5.43. The topological polar surface area (TPSA) is 61.4 Å². The van der Waals surface area contributed by atoms with E-state index in [4.69, 9.17) is 11.6 Å². The number of urea groups is 1. The zero-order valence-corrected chi connectivity index (χ0v) is 12.2. The van der Waals surface area contributed by atoms with Gasteiger partial charge in [-0.15, -0.1) is 0 Å². The molecule has 110 valence electrons. The largest absolute Gasteiger partial charge is 0.388 e. The van der Waals surface area contributed by atoms with Crippen molar-refractivity contribution in [1.82, 2.24) is 5.32 Å². The highest BCUT2D eigenvalue weighted by atomic mass is 35.5. The van der Waals surface area contributed by atoms with Crippen LogP contribution in [0.1, 0.15) is 38.5 Å². The van der Waals surface area contributed by atoms with Crippen molar-refractivity contribution in [2.75, 3.05) is 11.9 Å². The molecule has 1 aliphatic carbocycles. The fourth-order valence-corrected chi connectivity index (χ4v) is 2.72. The molecule has 0 aliphatic heterocycles. The summed E-state index contributed by atoms with van der Waals surface area (Å²) in [6, 6.07) is 6.73. The van der Waals surface area contributed by atoms with Crippen LogP contribution >= 0.6 is 11.6 Å². The fraction of sp³-hybridized carbons (Fsp3) is 0.533. The number of aliphatic hydroxyl groups is 1. The minimum absolute atomic E-state index is 0.281. The van der Waals surface area contributed by atoms with Crippen LogP contribution in [0.3, 0.4) is 0 Å². The van der Waals surface area contributed by atoms with Crippen LogP contribution in [0.2, 0.25) is 5.02 Å². The van der Waals surface area contributed by atoms with E-state index in [2.05, 4.69) is 10.6 Å². The van der Waals surface area contributed by atoms with E-state index in [9.17, 15) is 9.90 Å². The molecule has 0 radical (unpaired) electrons. The monoisotopic (exact) mass is 296 g/mol.